The summed E-state index contributed by atoms with van der Waals surface area (Å²) in [5, 5.41) is 6.47. The standard InChI is InChI=1S/C27H27N3O3S2/c1-32-17-11-12-22(33-2)20(15-17)28-27(31)30-16-19-18-7-3-4-9-23(18)35-26(19)29-13-5-8-21(29)25(30)24-10-6-14-34-24/h5-6,8,10-15,25H,3-4,7,9,16H2,1-2H3,(H,28,31)/t25-/m1/s1. The highest BCUT2D eigenvalue weighted by Crippen LogP contribution is 2.45. The molecule has 180 valence electrons. The molecule has 8 heteroatoms. The third-order valence-corrected chi connectivity index (χ3v) is 9.16. The number of amides is 2. The molecule has 1 aromatic carbocycles. The second-order valence-electron chi connectivity index (χ2n) is 8.84. The summed E-state index contributed by atoms with van der Waals surface area (Å²) in [5.41, 5.74) is 4.43. The molecule has 1 aliphatic heterocycles. The number of urea groups is 1. The van der Waals surface area contributed by atoms with Crippen LogP contribution in [0.5, 0.6) is 11.5 Å². The summed E-state index contributed by atoms with van der Waals surface area (Å²) >= 11 is 3.58. The van der Waals surface area contributed by atoms with E-state index < -0.39 is 0 Å². The van der Waals surface area contributed by atoms with Crippen molar-refractivity contribution < 1.29 is 14.3 Å². The largest absolute Gasteiger partial charge is 0.497 e. The van der Waals surface area contributed by atoms with Gasteiger partial charge in [0.1, 0.15) is 22.5 Å². The van der Waals surface area contributed by atoms with Gasteiger partial charge in [0.2, 0.25) is 0 Å². The minimum Gasteiger partial charge on any atom is -0.497 e. The smallest absolute Gasteiger partial charge is 0.323 e. The highest BCUT2D eigenvalue weighted by molar-refractivity contribution is 7.15. The van der Waals surface area contributed by atoms with Gasteiger partial charge >= 0.3 is 6.03 Å². The summed E-state index contributed by atoms with van der Waals surface area (Å²) in [6.45, 7) is 0.559. The molecule has 0 bridgehead atoms. The number of aryl methyl sites for hydroxylation is 1. The van der Waals surface area contributed by atoms with Gasteiger partial charge in [-0.3, -0.25) is 0 Å². The number of anilines is 1. The Balaban J connectivity index is 1.47. The number of nitrogens with one attached hydrogen (secondary N) is 1. The first-order valence-corrected chi connectivity index (χ1v) is 13.5. The highest BCUT2D eigenvalue weighted by atomic mass is 32.1. The van der Waals surface area contributed by atoms with Crippen LogP contribution in [0.1, 0.15) is 45.5 Å². The lowest BCUT2D eigenvalue weighted by Crippen LogP contribution is -2.37. The van der Waals surface area contributed by atoms with Gasteiger partial charge in [-0.2, -0.15) is 0 Å². The van der Waals surface area contributed by atoms with Gasteiger partial charge in [0.15, 0.2) is 0 Å². The van der Waals surface area contributed by atoms with Crippen molar-refractivity contribution in [1.29, 1.82) is 0 Å². The molecule has 3 aromatic heterocycles. The second kappa shape index (κ2) is 9.09. The second-order valence-corrected chi connectivity index (χ2v) is 10.9. The molecule has 0 radical (unpaired) electrons. The molecule has 1 atom stereocenters. The van der Waals surface area contributed by atoms with E-state index in [1.807, 2.05) is 28.4 Å². The van der Waals surface area contributed by atoms with Crippen molar-refractivity contribution in [2.45, 2.75) is 38.3 Å². The predicted molar refractivity (Wildman–Crippen MR) is 141 cm³/mol. The van der Waals surface area contributed by atoms with E-state index in [9.17, 15) is 4.79 Å². The molecule has 0 unspecified atom stereocenters. The van der Waals surface area contributed by atoms with E-state index in [0.717, 1.165) is 23.4 Å². The average molecular weight is 506 g/mol. The minimum absolute atomic E-state index is 0.161. The number of carbonyl (C=O) groups is 1. The molecule has 0 spiro atoms. The molecule has 0 saturated heterocycles. The van der Waals surface area contributed by atoms with E-state index >= 15 is 0 Å². The van der Waals surface area contributed by atoms with Gasteiger partial charge < -0.3 is 24.3 Å². The summed E-state index contributed by atoms with van der Waals surface area (Å²) in [7, 11) is 3.22. The molecule has 6 rings (SSSR count). The fourth-order valence-corrected chi connectivity index (χ4v) is 7.48. The molecule has 4 aromatic rings. The topological polar surface area (TPSA) is 55.7 Å². The van der Waals surface area contributed by atoms with Crippen LogP contribution >= 0.6 is 22.7 Å². The molecule has 2 amide bonds. The van der Waals surface area contributed by atoms with E-state index in [1.165, 1.54) is 33.8 Å². The van der Waals surface area contributed by atoms with Crippen molar-refractivity contribution in [2.24, 2.45) is 0 Å². The first kappa shape index (κ1) is 22.2. The number of benzene rings is 1. The van der Waals surface area contributed by atoms with Crippen LogP contribution in [0.15, 0.2) is 54.0 Å². The predicted octanol–water partition coefficient (Wildman–Crippen LogP) is 6.63. The molecule has 6 nitrogen and oxygen atoms in total. The van der Waals surface area contributed by atoms with Crippen LogP contribution in [-0.4, -0.2) is 29.7 Å². The van der Waals surface area contributed by atoms with Gasteiger partial charge in [-0.05, 0) is 67.0 Å². The van der Waals surface area contributed by atoms with E-state index in [0.29, 0.717) is 23.7 Å². The third-order valence-electron chi connectivity index (χ3n) is 6.90. The number of ether oxygens (including phenoxy) is 2. The van der Waals surface area contributed by atoms with Crippen molar-refractivity contribution >= 4 is 34.4 Å². The zero-order valence-corrected chi connectivity index (χ0v) is 21.4. The van der Waals surface area contributed by atoms with Gasteiger partial charge in [-0.15, -0.1) is 22.7 Å². The van der Waals surface area contributed by atoms with Crippen molar-refractivity contribution in [3.63, 3.8) is 0 Å². The van der Waals surface area contributed by atoms with E-state index in [1.54, 1.807) is 31.6 Å². The van der Waals surface area contributed by atoms with Crippen LogP contribution in [-0.2, 0) is 19.4 Å². The zero-order chi connectivity index (χ0) is 23.9. The first-order chi connectivity index (χ1) is 17.2. The molecule has 2 aliphatic rings. The Bertz CT molecular complexity index is 1370. The number of thiophene rings is 2. The number of fused-ring (bicyclic) bond motifs is 5. The van der Waals surface area contributed by atoms with Crippen LogP contribution in [0.4, 0.5) is 10.5 Å². The van der Waals surface area contributed by atoms with Gasteiger partial charge in [0, 0.05) is 27.6 Å². The maximum absolute atomic E-state index is 14.0. The normalized spacial score (nSPS) is 16.6. The SMILES string of the molecule is COc1ccc(OC)c(NC(=O)N2Cc3c(sc4c3CCCC4)-n3cccc3[C@@H]2c2cccs2)c1. The van der Waals surface area contributed by atoms with Crippen LogP contribution in [0.3, 0.4) is 0 Å². The maximum atomic E-state index is 14.0. The van der Waals surface area contributed by atoms with Crippen LogP contribution in [0.25, 0.3) is 5.00 Å². The quantitative estimate of drug-likeness (QED) is 0.339. The Morgan fingerprint density at radius 1 is 1.06 bits per heavy atom. The Morgan fingerprint density at radius 3 is 2.74 bits per heavy atom. The lowest BCUT2D eigenvalue weighted by molar-refractivity contribution is 0.195. The van der Waals surface area contributed by atoms with Gasteiger partial charge in [0.25, 0.3) is 0 Å². The molecule has 1 N–H and O–H groups in total. The molecule has 4 heterocycles. The summed E-state index contributed by atoms with van der Waals surface area (Å²) in [5.74, 6) is 1.26. The number of aromatic nitrogens is 1. The fraction of sp³-hybridized carbons (Fsp3) is 0.296. The molecule has 1 aliphatic carbocycles. The Morgan fingerprint density at radius 2 is 1.94 bits per heavy atom. The average Bonchev–Trinajstić information content (AvgIpc) is 3.63. The van der Waals surface area contributed by atoms with Crippen molar-refractivity contribution in [3.8, 4) is 16.5 Å². The number of carbonyl (C=O) groups excluding carboxylic acids is 1. The fourth-order valence-electron chi connectivity index (χ4n) is 5.23. The number of methoxy groups -OCH3 is 2. The summed E-state index contributed by atoms with van der Waals surface area (Å²) < 4.78 is 13.2. The van der Waals surface area contributed by atoms with Crippen LogP contribution < -0.4 is 14.8 Å². The first-order valence-electron chi connectivity index (χ1n) is 11.8. The van der Waals surface area contributed by atoms with Crippen LogP contribution in [0, 0.1) is 0 Å². The van der Waals surface area contributed by atoms with Crippen molar-refractivity contribution in [1.82, 2.24) is 9.47 Å². The van der Waals surface area contributed by atoms with E-state index in [-0.39, 0.29) is 12.1 Å². The van der Waals surface area contributed by atoms with Gasteiger partial charge in [0.05, 0.1) is 32.1 Å². The van der Waals surface area contributed by atoms with Crippen molar-refractivity contribution in [3.05, 3.63) is 80.6 Å². The Kier molecular flexibility index (Phi) is 5.78. The van der Waals surface area contributed by atoms with Crippen LogP contribution in [0.2, 0.25) is 0 Å². The number of rotatable bonds is 4. The third kappa shape index (κ3) is 3.81. The number of hydrogen-bond donors (Lipinski definition) is 1. The summed E-state index contributed by atoms with van der Waals surface area (Å²) in [6.07, 6.45) is 6.80. The summed E-state index contributed by atoms with van der Waals surface area (Å²) in [4.78, 5) is 18.6. The minimum atomic E-state index is -0.194. The van der Waals surface area contributed by atoms with Gasteiger partial charge in [-0.1, -0.05) is 6.07 Å². The Labute approximate surface area is 212 Å². The number of nitrogens with zero attached hydrogens (tertiary/aromatic N) is 2. The molecular weight excluding hydrogens is 478 g/mol. The maximum Gasteiger partial charge on any atom is 0.323 e. The van der Waals surface area contributed by atoms with E-state index in [2.05, 4.69) is 45.7 Å². The van der Waals surface area contributed by atoms with Gasteiger partial charge in [-0.25, -0.2) is 4.79 Å². The lowest BCUT2D eigenvalue weighted by Gasteiger charge is -2.30. The molecule has 0 saturated carbocycles. The Hall–Kier alpha value is -3.23. The zero-order valence-electron chi connectivity index (χ0n) is 19.7. The highest BCUT2D eigenvalue weighted by Gasteiger charge is 2.36. The molecule has 35 heavy (non-hydrogen) atoms. The van der Waals surface area contributed by atoms with Crippen molar-refractivity contribution in [2.75, 3.05) is 19.5 Å². The monoisotopic (exact) mass is 505 g/mol. The number of hydrogen-bond acceptors (Lipinski definition) is 5. The lowest BCUT2D eigenvalue weighted by atomic mass is 9.95. The molecule has 0 fully saturated rings. The molecular formula is C27H27N3O3S2. The van der Waals surface area contributed by atoms with E-state index in [4.69, 9.17) is 9.47 Å². The summed E-state index contributed by atoms with van der Waals surface area (Å²) in [6, 6.07) is 13.5.